The van der Waals surface area contributed by atoms with E-state index in [9.17, 15) is 4.79 Å². The van der Waals surface area contributed by atoms with Crippen molar-refractivity contribution in [2.24, 2.45) is 5.73 Å². The lowest BCUT2D eigenvalue weighted by Gasteiger charge is -2.33. The van der Waals surface area contributed by atoms with Crippen LogP contribution in [0.25, 0.3) is 0 Å². The molecule has 0 aliphatic carbocycles. The summed E-state index contributed by atoms with van der Waals surface area (Å²) in [5.41, 5.74) is 6.73. The molecule has 0 atom stereocenters. The van der Waals surface area contributed by atoms with Gasteiger partial charge in [-0.15, -0.1) is 24.8 Å². The van der Waals surface area contributed by atoms with Crippen LogP contribution in [-0.2, 0) is 0 Å². The van der Waals surface area contributed by atoms with E-state index in [4.69, 9.17) is 10.5 Å². The van der Waals surface area contributed by atoms with Crippen LogP contribution in [0.5, 0.6) is 5.75 Å². The molecule has 0 saturated carbocycles. The SMILES string of the molecule is CN1CCN(c2cc(C(=O)Nc3ccc(OCCN)cc3)ccn2)CC1.Cl.Cl. The van der Waals surface area contributed by atoms with Crippen LogP contribution in [0.3, 0.4) is 0 Å². The Morgan fingerprint density at radius 1 is 1.14 bits per heavy atom. The van der Waals surface area contributed by atoms with Crippen LogP contribution < -0.4 is 20.7 Å². The third kappa shape index (κ3) is 6.53. The molecular formula is C19H27Cl2N5O2. The lowest BCUT2D eigenvalue weighted by Crippen LogP contribution is -2.44. The molecule has 0 radical (unpaired) electrons. The van der Waals surface area contributed by atoms with Gasteiger partial charge in [0.05, 0.1) is 0 Å². The van der Waals surface area contributed by atoms with Gasteiger partial charge >= 0.3 is 0 Å². The average Bonchev–Trinajstić information content (AvgIpc) is 2.68. The molecule has 28 heavy (non-hydrogen) atoms. The normalized spacial score (nSPS) is 13.9. The van der Waals surface area contributed by atoms with Gasteiger partial charge in [0.15, 0.2) is 0 Å². The van der Waals surface area contributed by atoms with Gasteiger partial charge in [-0.05, 0) is 43.4 Å². The van der Waals surface area contributed by atoms with Crippen LogP contribution in [0.15, 0.2) is 42.6 Å². The fourth-order valence-electron chi connectivity index (χ4n) is 2.78. The number of piperazine rings is 1. The number of rotatable bonds is 6. The predicted octanol–water partition coefficient (Wildman–Crippen LogP) is 2.27. The van der Waals surface area contributed by atoms with Crippen molar-refractivity contribution in [3.63, 3.8) is 0 Å². The monoisotopic (exact) mass is 427 g/mol. The van der Waals surface area contributed by atoms with Gasteiger partial charge in [0, 0.05) is 50.2 Å². The number of amides is 1. The number of nitrogens with two attached hydrogens (primary N) is 1. The van der Waals surface area contributed by atoms with E-state index in [1.807, 2.05) is 30.3 Å². The van der Waals surface area contributed by atoms with Gasteiger partial charge in [-0.2, -0.15) is 0 Å². The molecule has 2 heterocycles. The number of benzene rings is 1. The Morgan fingerprint density at radius 2 is 1.82 bits per heavy atom. The zero-order valence-electron chi connectivity index (χ0n) is 15.8. The van der Waals surface area contributed by atoms with Gasteiger partial charge in [0.2, 0.25) is 0 Å². The molecule has 0 spiro atoms. The lowest BCUT2D eigenvalue weighted by atomic mass is 10.2. The topological polar surface area (TPSA) is 83.7 Å². The second-order valence-corrected chi connectivity index (χ2v) is 6.31. The summed E-state index contributed by atoms with van der Waals surface area (Å²) < 4.78 is 5.44. The van der Waals surface area contributed by atoms with Crippen molar-refractivity contribution in [3.8, 4) is 5.75 Å². The predicted molar refractivity (Wildman–Crippen MR) is 117 cm³/mol. The molecule has 1 fully saturated rings. The molecule has 1 saturated heterocycles. The van der Waals surface area contributed by atoms with E-state index in [-0.39, 0.29) is 30.7 Å². The number of carbonyl (C=O) groups is 1. The molecule has 1 aromatic heterocycles. The number of nitrogens with one attached hydrogen (secondary N) is 1. The zero-order chi connectivity index (χ0) is 18.4. The number of hydrogen-bond acceptors (Lipinski definition) is 6. The Kier molecular flexibility index (Phi) is 10.0. The van der Waals surface area contributed by atoms with Gasteiger partial charge < -0.3 is 25.6 Å². The van der Waals surface area contributed by atoms with Gasteiger partial charge in [0.25, 0.3) is 5.91 Å². The van der Waals surface area contributed by atoms with Crippen molar-refractivity contribution < 1.29 is 9.53 Å². The minimum Gasteiger partial charge on any atom is -0.492 e. The summed E-state index contributed by atoms with van der Waals surface area (Å²) in [6.07, 6.45) is 1.69. The number of aromatic nitrogens is 1. The summed E-state index contributed by atoms with van der Waals surface area (Å²) in [7, 11) is 2.11. The summed E-state index contributed by atoms with van der Waals surface area (Å²) in [5.74, 6) is 1.42. The molecule has 1 aliphatic rings. The summed E-state index contributed by atoms with van der Waals surface area (Å²) in [6, 6.07) is 10.8. The highest BCUT2D eigenvalue weighted by atomic mass is 35.5. The van der Waals surface area contributed by atoms with Gasteiger partial charge in [-0.1, -0.05) is 0 Å². The maximum Gasteiger partial charge on any atom is 0.255 e. The molecule has 0 bridgehead atoms. The van der Waals surface area contributed by atoms with Crippen molar-refractivity contribution >= 4 is 42.2 Å². The molecular weight excluding hydrogens is 401 g/mol. The Bertz CT molecular complexity index is 737. The van der Waals surface area contributed by atoms with Crippen LogP contribution in [0.2, 0.25) is 0 Å². The molecule has 0 unspecified atom stereocenters. The molecule has 1 aliphatic heterocycles. The van der Waals surface area contributed by atoms with Crippen molar-refractivity contribution in [1.82, 2.24) is 9.88 Å². The van der Waals surface area contributed by atoms with Gasteiger partial charge in [0.1, 0.15) is 18.2 Å². The fraction of sp³-hybridized carbons (Fsp3) is 0.368. The summed E-state index contributed by atoms with van der Waals surface area (Å²) in [5, 5.41) is 2.91. The number of likely N-dealkylation sites (N-methyl/N-ethyl adjacent to an activating group) is 1. The largest absolute Gasteiger partial charge is 0.492 e. The highest BCUT2D eigenvalue weighted by Crippen LogP contribution is 2.18. The Labute approximate surface area is 178 Å². The van der Waals surface area contributed by atoms with Gasteiger partial charge in [-0.25, -0.2) is 4.98 Å². The van der Waals surface area contributed by atoms with Crippen LogP contribution >= 0.6 is 24.8 Å². The number of ether oxygens (including phenoxy) is 1. The average molecular weight is 428 g/mol. The molecule has 9 heteroatoms. The smallest absolute Gasteiger partial charge is 0.255 e. The highest BCUT2D eigenvalue weighted by Gasteiger charge is 2.16. The van der Waals surface area contributed by atoms with Crippen molar-refractivity contribution in [2.75, 3.05) is 56.6 Å². The lowest BCUT2D eigenvalue weighted by molar-refractivity contribution is 0.102. The van der Waals surface area contributed by atoms with E-state index in [0.717, 1.165) is 37.7 Å². The summed E-state index contributed by atoms with van der Waals surface area (Å²) in [4.78, 5) is 21.5. The molecule has 154 valence electrons. The second kappa shape index (κ2) is 11.7. The summed E-state index contributed by atoms with van der Waals surface area (Å²) in [6.45, 7) is 4.76. The number of carbonyl (C=O) groups excluding carboxylic acids is 1. The second-order valence-electron chi connectivity index (χ2n) is 6.31. The van der Waals surface area contributed by atoms with E-state index in [0.29, 0.717) is 24.4 Å². The first-order chi connectivity index (χ1) is 12.7. The van der Waals surface area contributed by atoms with E-state index < -0.39 is 0 Å². The third-order valence-corrected chi connectivity index (χ3v) is 4.33. The van der Waals surface area contributed by atoms with Crippen molar-refractivity contribution in [3.05, 3.63) is 48.2 Å². The number of nitrogens with zero attached hydrogens (tertiary/aromatic N) is 3. The Morgan fingerprint density at radius 3 is 2.46 bits per heavy atom. The molecule has 1 amide bonds. The van der Waals surface area contributed by atoms with Gasteiger partial charge in [-0.3, -0.25) is 4.79 Å². The molecule has 1 aromatic carbocycles. The minimum atomic E-state index is -0.154. The number of halogens is 2. The summed E-state index contributed by atoms with van der Waals surface area (Å²) >= 11 is 0. The van der Waals surface area contributed by atoms with E-state index in [1.54, 1.807) is 12.3 Å². The third-order valence-electron chi connectivity index (χ3n) is 4.33. The minimum absolute atomic E-state index is 0. The van der Waals surface area contributed by atoms with E-state index in [2.05, 4.69) is 27.1 Å². The quantitative estimate of drug-likeness (QED) is 0.735. The van der Waals surface area contributed by atoms with E-state index >= 15 is 0 Å². The van der Waals surface area contributed by atoms with Crippen LogP contribution in [0.4, 0.5) is 11.5 Å². The molecule has 3 rings (SSSR count). The van der Waals surface area contributed by atoms with E-state index in [1.165, 1.54) is 0 Å². The standard InChI is InChI=1S/C19H25N5O2.2ClH/c1-23-9-11-24(12-10-23)18-14-15(6-8-21-18)19(25)22-16-2-4-17(5-3-16)26-13-7-20;;/h2-6,8,14H,7,9-13,20H2,1H3,(H,22,25);2*1H. The Balaban J connectivity index is 0.00000196. The first-order valence-corrected chi connectivity index (χ1v) is 8.79. The molecule has 3 N–H and O–H groups in total. The maximum atomic E-state index is 12.5. The number of anilines is 2. The fourth-order valence-corrected chi connectivity index (χ4v) is 2.78. The highest BCUT2D eigenvalue weighted by molar-refractivity contribution is 6.04. The molecule has 7 nitrogen and oxygen atoms in total. The zero-order valence-corrected chi connectivity index (χ0v) is 17.5. The van der Waals surface area contributed by atoms with Crippen LogP contribution in [-0.4, -0.2) is 62.2 Å². The molecule has 2 aromatic rings. The van der Waals surface area contributed by atoms with Crippen LogP contribution in [0, 0.1) is 0 Å². The number of hydrogen-bond donors (Lipinski definition) is 2. The van der Waals surface area contributed by atoms with Crippen LogP contribution in [0.1, 0.15) is 10.4 Å². The maximum absolute atomic E-state index is 12.5. The first-order valence-electron chi connectivity index (χ1n) is 8.79. The first kappa shape index (κ1) is 24.0. The van der Waals surface area contributed by atoms with Crippen molar-refractivity contribution in [2.45, 2.75) is 0 Å². The van der Waals surface area contributed by atoms with Crippen molar-refractivity contribution in [1.29, 1.82) is 0 Å². The Hall–Kier alpha value is -2.06. The number of pyridine rings is 1.